The van der Waals surface area contributed by atoms with Gasteiger partial charge in [-0.15, -0.1) is 0 Å². The first-order valence-electron chi connectivity index (χ1n) is 7.68. The monoisotopic (exact) mass is 333 g/mol. The number of hydrogen-bond donors (Lipinski definition) is 1. The van der Waals surface area contributed by atoms with Gasteiger partial charge in [-0.2, -0.15) is 4.98 Å². The molecule has 0 radical (unpaired) electrons. The molecule has 1 amide bonds. The fraction of sp³-hybridized carbons (Fsp3) is 0.471. The Hall–Kier alpha value is -2.57. The van der Waals surface area contributed by atoms with Crippen LogP contribution in [0.1, 0.15) is 38.9 Å². The third-order valence-corrected chi connectivity index (χ3v) is 3.34. The van der Waals surface area contributed by atoms with Gasteiger partial charge in [-0.3, -0.25) is 4.79 Å². The number of hydrogen-bond acceptors (Lipinski definition) is 6. The van der Waals surface area contributed by atoms with Gasteiger partial charge in [-0.05, 0) is 0 Å². The summed E-state index contributed by atoms with van der Waals surface area (Å²) in [6.07, 6.45) is 0.626. The smallest absolute Gasteiger partial charge is 0.227 e. The zero-order valence-corrected chi connectivity index (χ0v) is 14.7. The molecule has 0 bridgehead atoms. The van der Waals surface area contributed by atoms with E-state index in [4.69, 9.17) is 14.0 Å². The first-order valence-corrected chi connectivity index (χ1v) is 7.68. The van der Waals surface area contributed by atoms with Crippen molar-refractivity contribution in [3.05, 3.63) is 29.9 Å². The maximum absolute atomic E-state index is 12.1. The van der Waals surface area contributed by atoms with E-state index in [9.17, 15) is 4.79 Å². The zero-order chi connectivity index (χ0) is 17.7. The zero-order valence-electron chi connectivity index (χ0n) is 14.7. The van der Waals surface area contributed by atoms with Gasteiger partial charge in [0, 0.05) is 42.1 Å². The predicted molar refractivity (Wildman–Crippen MR) is 89.5 cm³/mol. The van der Waals surface area contributed by atoms with Crippen LogP contribution in [0.25, 0.3) is 0 Å². The lowest BCUT2D eigenvalue weighted by atomic mass is 9.96. The Bertz CT molecular complexity index is 682. The highest BCUT2D eigenvalue weighted by Gasteiger charge is 2.21. The van der Waals surface area contributed by atoms with E-state index in [-0.39, 0.29) is 17.7 Å². The molecule has 0 atom stereocenters. The minimum Gasteiger partial charge on any atom is -0.497 e. The first-order chi connectivity index (χ1) is 11.3. The molecule has 1 heterocycles. The molecule has 0 aliphatic rings. The van der Waals surface area contributed by atoms with Crippen LogP contribution < -0.4 is 14.8 Å². The summed E-state index contributed by atoms with van der Waals surface area (Å²) in [5, 5.41) is 6.75. The topological polar surface area (TPSA) is 86.5 Å². The van der Waals surface area contributed by atoms with Gasteiger partial charge in [0.05, 0.1) is 14.2 Å². The Morgan fingerprint density at radius 3 is 2.29 bits per heavy atom. The molecule has 2 aromatic rings. The molecule has 130 valence electrons. The van der Waals surface area contributed by atoms with Crippen LogP contribution >= 0.6 is 0 Å². The maximum atomic E-state index is 12.1. The van der Waals surface area contributed by atoms with Crippen LogP contribution in [-0.2, 0) is 16.6 Å². The third kappa shape index (κ3) is 4.71. The number of benzene rings is 1. The van der Waals surface area contributed by atoms with E-state index in [1.54, 1.807) is 32.4 Å². The number of aromatic nitrogens is 2. The molecule has 7 nitrogen and oxygen atoms in total. The quantitative estimate of drug-likeness (QED) is 0.874. The Morgan fingerprint density at radius 1 is 1.17 bits per heavy atom. The van der Waals surface area contributed by atoms with E-state index >= 15 is 0 Å². The fourth-order valence-electron chi connectivity index (χ4n) is 1.98. The van der Waals surface area contributed by atoms with Crippen molar-refractivity contribution in [1.29, 1.82) is 0 Å². The molecule has 0 saturated heterocycles. The van der Waals surface area contributed by atoms with E-state index in [0.29, 0.717) is 35.3 Å². The van der Waals surface area contributed by atoms with E-state index in [1.165, 1.54) is 0 Å². The minimum absolute atomic E-state index is 0.152. The van der Waals surface area contributed by atoms with Crippen LogP contribution in [0.4, 0.5) is 5.69 Å². The second-order valence-corrected chi connectivity index (χ2v) is 6.41. The van der Waals surface area contributed by atoms with Crippen LogP contribution in [0.3, 0.4) is 0 Å². The third-order valence-electron chi connectivity index (χ3n) is 3.34. The van der Waals surface area contributed by atoms with Gasteiger partial charge >= 0.3 is 0 Å². The summed E-state index contributed by atoms with van der Waals surface area (Å²) in [5.74, 6) is 2.15. The lowest BCUT2D eigenvalue weighted by molar-refractivity contribution is -0.116. The van der Waals surface area contributed by atoms with Crippen LogP contribution in [0.2, 0.25) is 0 Å². The highest BCUT2D eigenvalue weighted by molar-refractivity contribution is 5.91. The molecular weight excluding hydrogens is 310 g/mol. The van der Waals surface area contributed by atoms with Gasteiger partial charge in [0.15, 0.2) is 5.82 Å². The molecule has 0 aliphatic heterocycles. The van der Waals surface area contributed by atoms with Crippen molar-refractivity contribution in [3.8, 4) is 11.5 Å². The average molecular weight is 333 g/mol. The van der Waals surface area contributed by atoms with Crippen LogP contribution in [-0.4, -0.2) is 30.3 Å². The number of methoxy groups -OCH3 is 2. The predicted octanol–water partition coefficient (Wildman–Crippen LogP) is 2.96. The molecule has 0 unspecified atom stereocenters. The van der Waals surface area contributed by atoms with Crippen molar-refractivity contribution >= 4 is 11.6 Å². The number of aryl methyl sites for hydroxylation is 1. The second-order valence-electron chi connectivity index (χ2n) is 6.41. The normalized spacial score (nSPS) is 11.2. The summed E-state index contributed by atoms with van der Waals surface area (Å²) < 4.78 is 15.5. The highest BCUT2D eigenvalue weighted by Crippen LogP contribution is 2.26. The Labute approximate surface area is 141 Å². The summed E-state index contributed by atoms with van der Waals surface area (Å²) in [6.45, 7) is 6.01. The Balaban J connectivity index is 1.95. The summed E-state index contributed by atoms with van der Waals surface area (Å²) in [4.78, 5) is 16.4. The van der Waals surface area contributed by atoms with Gasteiger partial charge in [-0.1, -0.05) is 25.9 Å². The van der Waals surface area contributed by atoms with Crippen LogP contribution in [0, 0.1) is 0 Å². The largest absolute Gasteiger partial charge is 0.497 e. The lowest BCUT2D eigenvalue weighted by Crippen LogP contribution is -2.14. The fourth-order valence-corrected chi connectivity index (χ4v) is 1.98. The molecule has 24 heavy (non-hydrogen) atoms. The van der Waals surface area contributed by atoms with Gasteiger partial charge < -0.3 is 19.3 Å². The highest BCUT2D eigenvalue weighted by atomic mass is 16.5. The molecule has 0 aliphatic carbocycles. The SMILES string of the molecule is COc1cc(NC(=O)CCc2nc(C(C)(C)C)no2)cc(OC)c1. The molecule has 0 spiro atoms. The second kappa shape index (κ2) is 7.33. The maximum Gasteiger partial charge on any atom is 0.227 e. The number of amides is 1. The number of nitrogens with one attached hydrogen (secondary N) is 1. The van der Waals surface area contributed by atoms with Gasteiger partial charge in [0.1, 0.15) is 11.5 Å². The lowest BCUT2D eigenvalue weighted by Gasteiger charge is -2.10. The van der Waals surface area contributed by atoms with E-state index < -0.39 is 0 Å². The van der Waals surface area contributed by atoms with Crippen molar-refractivity contribution in [2.75, 3.05) is 19.5 Å². The van der Waals surface area contributed by atoms with Gasteiger partial charge in [0.25, 0.3) is 0 Å². The molecule has 1 aromatic carbocycles. The van der Waals surface area contributed by atoms with Crippen molar-refractivity contribution in [1.82, 2.24) is 10.1 Å². The Morgan fingerprint density at radius 2 is 1.79 bits per heavy atom. The van der Waals surface area contributed by atoms with Crippen molar-refractivity contribution in [2.45, 2.75) is 39.0 Å². The molecule has 2 rings (SSSR count). The van der Waals surface area contributed by atoms with Crippen LogP contribution in [0.5, 0.6) is 11.5 Å². The molecule has 7 heteroatoms. The number of nitrogens with zero attached hydrogens (tertiary/aromatic N) is 2. The first kappa shape index (κ1) is 17.8. The summed E-state index contributed by atoms with van der Waals surface area (Å²) >= 11 is 0. The van der Waals surface area contributed by atoms with Gasteiger partial charge in [-0.25, -0.2) is 0 Å². The Kier molecular flexibility index (Phi) is 5.43. The number of anilines is 1. The van der Waals surface area contributed by atoms with Crippen molar-refractivity contribution < 1.29 is 18.8 Å². The standard InChI is InChI=1S/C17H23N3O4/c1-17(2,3)16-19-15(24-20-16)7-6-14(21)18-11-8-12(22-4)10-13(9-11)23-5/h8-10H,6-7H2,1-5H3,(H,18,21). The minimum atomic E-state index is -0.179. The number of carbonyl (C=O) groups excluding carboxylic acids is 1. The van der Waals surface area contributed by atoms with E-state index in [1.807, 2.05) is 20.8 Å². The summed E-state index contributed by atoms with van der Waals surface area (Å²) in [5.41, 5.74) is 0.429. The molecule has 1 aromatic heterocycles. The van der Waals surface area contributed by atoms with Crippen molar-refractivity contribution in [2.24, 2.45) is 0 Å². The molecule has 0 fully saturated rings. The molecule has 0 saturated carbocycles. The summed E-state index contributed by atoms with van der Waals surface area (Å²) in [7, 11) is 3.12. The van der Waals surface area contributed by atoms with E-state index in [0.717, 1.165) is 0 Å². The van der Waals surface area contributed by atoms with Crippen molar-refractivity contribution in [3.63, 3.8) is 0 Å². The van der Waals surface area contributed by atoms with E-state index in [2.05, 4.69) is 15.5 Å². The van der Waals surface area contributed by atoms with Gasteiger partial charge in [0.2, 0.25) is 11.8 Å². The molecular formula is C17H23N3O4. The van der Waals surface area contributed by atoms with Crippen LogP contribution in [0.15, 0.2) is 22.7 Å². The summed E-state index contributed by atoms with van der Waals surface area (Å²) in [6, 6.07) is 5.19. The number of rotatable bonds is 6. The number of carbonyl (C=O) groups is 1. The number of ether oxygens (including phenoxy) is 2. The molecule has 1 N–H and O–H groups in total. The average Bonchev–Trinajstić information content (AvgIpc) is 3.01.